The van der Waals surface area contributed by atoms with Gasteiger partial charge in [-0.15, -0.1) is 0 Å². The number of hydrogen-bond donors (Lipinski definition) is 0. The SMILES string of the molecule is CC[Si]1(Cl)C2=C1[CH]([Zr+2])c1cccc(C3=CC=CC3)c12.[Cl-].[Cl-]. The molecule has 0 radical (unpaired) electrons. The van der Waals surface area contributed by atoms with E-state index >= 15 is 0 Å². The smallest absolute Gasteiger partial charge is 1.00 e. The molecule has 0 saturated carbocycles. The van der Waals surface area contributed by atoms with E-state index in [0.29, 0.717) is 3.63 Å². The van der Waals surface area contributed by atoms with Crippen molar-refractivity contribution in [2.45, 2.75) is 23.0 Å². The molecule has 0 nitrogen and oxygen atoms in total. The van der Waals surface area contributed by atoms with E-state index in [1.54, 1.807) is 40.7 Å². The Kier molecular flexibility index (Phi) is 5.19. The average Bonchev–Trinajstić information content (AvgIpc) is 2.81. The van der Waals surface area contributed by atoms with Crippen LogP contribution in [0.25, 0.3) is 10.8 Å². The van der Waals surface area contributed by atoms with Gasteiger partial charge in [0.1, 0.15) is 0 Å². The van der Waals surface area contributed by atoms with Gasteiger partial charge < -0.3 is 24.8 Å². The maximum Gasteiger partial charge on any atom is -1.00 e. The minimum Gasteiger partial charge on any atom is -1.00 e. The van der Waals surface area contributed by atoms with Crippen molar-refractivity contribution in [3.63, 3.8) is 0 Å². The molecule has 4 rings (SSSR count). The molecular formula is C16H14Cl3SiZr. The third kappa shape index (κ3) is 2.34. The second-order valence-corrected chi connectivity index (χ2v) is 12.2. The topological polar surface area (TPSA) is 0 Å². The van der Waals surface area contributed by atoms with Gasteiger partial charge >= 0.3 is 135 Å². The summed E-state index contributed by atoms with van der Waals surface area (Å²) in [5.74, 6) is 0. The van der Waals surface area contributed by atoms with Crippen molar-refractivity contribution >= 4 is 29.2 Å². The standard InChI is InChI=1S/C16H14ClSi.2ClH.Zr/c1-2-18(17)14-10-12-8-5-9-13(15(12)16(14)18)11-6-3-4-7-11;;;/h3-6,8-10H,2,7H2,1H3;2*1H;/q;;;+2/p-2. The minimum absolute atomic E-state index is 0. The zero-order chi connectivity index (χ0) is 13.2. The van der Waals surface area contributed by atoms with Gasteiger partial charge in [-0.2, -0.15) is 0 Å². The maximum atomic E-state index is 6.94. The molecular weight excluding hydrogens is 418 g/mol. The van der Waals surface area contributed by atoms with Crippen molar-refractivity contribution in [3.8, 4) is 0 Å². The summed E-state index contributed by atoms with van der Waals surface area (Å²) >= 11 is 8.54. The largest absolute Gasteiger partial charge is 1.00 e. The normalized spacial score (nSPS) is 27.6. The Hall–Kier alpha value is 0.410. The molecule has 1 aromatic carbocycles. The molecule has 0 aromatic heterocycles. The monoisotopic (exact) mass is 429 g/mol. The van der Waals surface area contributed by atoms with Crippen LogP contribution in [0.3, 0.4) is 0 Å². The van der Waals surface area contributed by atoms with Gasteiger partial charge in [0.05, 0.1) is 0 Å². The quantitative estimate of drug-likeness (QED) is 0.403. The van der Waals surface area contributed by atoms with Gasteiger partial charge in [-0.1, -0.05) is 0 Å². The number of hydrogen-bond acceptors (Lipinski definition) is 0. The molecule has 0 saturated heterocycles. The number of benzene rings is 1. The van der Waals surface area contributed by atoms with Gasteiger partial charge in [0.2, 0.25) is 0 Å². The Labute approximate surface area is 159 Å². The van der Waals surface area contributed by atoms with Gasteiger partial charge in [0, 0.05) is 0 Å². The molecule has 0 amide bonds. The summed E-state index contributed by atoms with van der Waals surface area (Å²) < 4.78 is 0.649. The molecule has 2 atom stereocenters. The average molecular weight is 432 g/mol. The summed E-state index contributed by atoms with van der Waals surface area (Å²) in [5, 5.41) is 3.25. The van der Waals surface area contributed by atoms with Crippen molar-refractivity contribution in [1.29, 1.82) is 0 Å². The summed E-state index contributed by atoms with van der Waals surface area (Å²) in [7, 11) is -1.64. The van der Waals surface area contributed by atoms with E-state index in [4.69, 9.17) is 11.1 Å². The molecule has 0 fully saturated rings. The molecule has 3 aliphatic rings. The first-order chi connectivity index (χ1) is 9.18. The van der Waals surface area contributed by atoms with Crippen LogP contribution in [0, 0.1) is 0 Å². The van der Waals surface area contributed by atoms with E-state index in [0.717, 1.165) is 12.5 Å². The van der Waals surface area contributed by atoms with Crippen LogP contribution in [-0.4, -0.2) is 7.38 Å². The second kappa shape index (κ2) is 6.13. The van der Waals surface area contributed by atoms with Crippen LogP contribution in [0.5, 0.6) is 0 Å². The van der Waals surface area contributed by atoms with Crippen LogP contribution in [0.15, 0.2) is 41.6 Å². The maximum absolute atomic E-state index is 6.94. The molecule has 2 aliphatic carbocycles. The molecule has 0 spiro atoms. The van der Waals surface area contributed by atoms with E-state index < -0.39 is 7.38 Å². The number of fused-ring (bicyclic) bond motifs is 2. The Morgan fingerprint density at radius 2 is 2.10 bits per heavy atom. The number of halogens is 3. The Balaban J connectivity index is 0.000000807. The van der Waals surface area contributed by atoms with E-state index in [1.165, 1.54) is 16.7 Å². The molecule has 0 bridgehead atoms. The third-order valence-corrected chi connectivity index (χ3v) is 12.2. The first-order valence-corrected chi connectivity index (χ1v) is 11.5. The zero-order valence-electron chi connectivity index (χ0n) is 11.6. The molecule has 107 valence electrons. The molecule has 1 aliphatic heterocycles. The molecule has 1 aromatic rings. The van der Waals surface area contributed by atoms with Gasteiger partial charge in [-0.3, -0.25) is 0 Å². The Bertz CT molecular complexity index is 693. The van der Waals surface area contributed by atoms with Gasteiger partial charge in [0.15, 0.2) is 0 Å². The fourth-order valence-electron chi connectivity index (χ4n) is 3.55. The van der Waals surface area contributed by atoms with E-state index in [2.05, 4.69) is 43.4 Å². The second-order valence-electron chi connectivity index (χ2n) is 5.47. The number of rotatable bonds is 2. The fraction of sp³-hybridized carbons (Fsp3) is 0.250. The van der Waals surface area contributed by atoms with Crippen LogP contribution in [0.2, 0.25) is 6.04 Å². The number of allylic oxidation sites excluding steroid dienone is 5. The first-order valence-electron chi connectivity index (χ1n) is 6.83. The van der Waals surface area contributed by atoms with Crippen LogP contribution in [0.4, 0.5) is 0 Å². The summed E-state index contributed by atoms with van der Waals surface area (Å²) in [5.41, 5.74) is 5.98. The predicted octanol–water partition coefficient (Wildman–Crippen LogP) is -1.31. The van der Waals surface area contributed by atoms with Crippen molar-refractivity contribution in [1.82, 2.24) is 0 Å². The van der Waals surface area contributed by atoms with E-state index in [9.17, 15) is 0 Å². The Morgan fingerprint density at radius 1 is 1.33 bits per heavy atom. The summed E-state index contributed by atoms with van der Waals surface area (Å²) in [6.07, 6.45) is 7.75. The van der Waals surface area contributed by atoms with Crippen molar-refractivity contribution in [2.24, 2.45) is 0 Å². The summed E-state index contributed by atoms with van der Waals surface area (Å²) in [6.45, 7) is 2.26. The molecule has 0 N–H and O–H groups in total. The van der Waals surface area contributed by atoms with Crippen LogP contribution in [-0.2, 0) is 24.7 Å². The first kappa shape index (κ1) is 17.8. The molecule has 2 unspecified atom stereocenters. The van der Waals surface area contributed by atoms with E-state index in [1.807, 2.05) is 0 Å². The van der Waals surface area contributed by atoms with Crippen molar-refractivity contribution < 1.29 is 49.5 Å². The van der Waals surface area contributed by atoms with Crippen LogP contribution < -0.4 is 24.8 Å². The third-order valence-electron chi connectivity index (χ3n) is 4.58. The molecule has 1 heterocycles. The van der Waals surface area contributed by atoms with Crippen LogP contribution in [0.1, 0.15) is 33.7 Å². The molecule has 21 heavy (non-hydrogen) atoms. The van der Waals surface area contributed by atoms with Crippen molar-refractivity contribution in [2.75, 3.05) is 0 Å². The predicted molar refractivity (Wildman–Crippen MR) is 79.9 cm³/mol. The summed E-state index contributed by atoms with van der Waals surface area (Å²) in [6, 6.07) is 7.99. The zero-order valence-corrected chi connectivity index (χ0v) is 17.3. The van der Waals surface area contributed by atoms with Gasteiger partial charge in [0.25, 0.3) is 0 Å². The summed E-state index contributed by atoms with van der Waals surface area (Å²) in [4.78, 5) is 0. The van der Waals surface area contributed by atoms with Crippen LogP contribution >= 0.6 is 11.1 Å². The van der Waals surface area contributed by atoms with Crippen molar-refractivity contribution in [3.05, 3.63) is 58.3 Å². The molecule has 5 heteroatoms. The van der Waals surface area contributed by atoms with Gasteiger partial charge in [-0.25, -0.2) is 0 Å². The fourth-order valence-corrected chi connectivity index (χ4v) is 12.0. The van der Waals surface area contributed by atoms with E-state index in [-0.39, 0.29) is 24.8 Å². The van der Waals surface area contributed by atoms with Gasteiger partial charge in [-0.05, 0) is 0 Å². The Morgan fingerprint density at radius 3 is 2.71 bits per heavy atom. The minimum atomic E-state index is -1.64.